The Morgan fingerprint density at radius 2 is 1.76 bits per heavy atom. The third-order valence-corrected chi connectivity index (χ3v) is 5.51. The number of sulfonamides is 1. The molecule has 0 aromatic heterocycles. The van der Waals surface area contributed by atoms with E-state index in [1.165, 1.54) is 18.2 Å². The number of hydrogen-bond donors (Lipinski definition) is 2. The Morgan fingerprint density at radius 3 is 2.40 bits per heavy atom. The molecule has 0 aliphatic carbocycles. The molecule has 0 unspecified atom stereocenters. The van der Waals surface area contributed by atoms with Gasteiger partial charge < -0.3 is 5.32 Å². The summed E-state index contributed by atoms with van der Waals surface area (Å²) in [4.78, 5) is 12.6. The molecule has 7 heteroatoms. The van der Waals surface area contributed by atoms with Crippen molar-refractivity contribution >= 4 is 33.2 Å². The predicted molar refractivity (Wildman–Crippen MR) is 101 cm³/mol. The molecule has 0 aliphatic rings. The molecule has 0 radical (unpaired) electrons. The van der Waals surface area contributed by atoms with Crippen LogP contribution in [0.5, 0.6) is 0 Å². The van der Waals surface area contributed by atoms with Crippen LogP contribution in [0.2, 0.25) is 5.02 Å². The Labute approximate surface area is 153 Å². The normalized spacial score (nSPS) is 11.6. The number of hydrogen-bond acceptors (Lipinski definition) is 3. The van der Waals surface area contributed by atoms with Crippen molar-refractivity contribution in [3.8, 4) is 0 Å². The summed E-state index contributed by atoms with van der Waals surface area (Å²) in [5.74, 6) is -0.458. The van der Waals surface area contributed by atoms with E-state index in [1.807, 2.05) is 32.0 Å². The molecule has 0 atom stereocenters. The molecular weight excluding hydrogens is 360 g/mol. The molecule has 0 spiro atoms. The van der Waals surface area contributed by atoms with E-state index in [2.05, 4.69) is 10.0 Å². The van der Waals surface area contributed by atoms with Crippen LogP contribution in [0.25, 0.3) is 0 Å². The van der Waals surface area contributed by atoms with Crippen LogP contribution in [0.4, 0.5) is 5.69 Å². The van der Waals surface area contributed by atoms with Crippen molar-refractivity contribution < 1.29 is 13.2 Å². The van der Waals surface area contributed by atoms with Gasteiger partial charge in [0.15, 0.2) is 0 Å². The molecule has 2 rings (SSSR count). The monoisotopic (exact) mass is 380 g/mol. The number of rotatable bonds is 5. The molecule has 2 aromatic rings. The Kier molecular flexibility index (Phi) is 5.87. The van der Waals surface area contributed by atoms with Crippen LogP contribution in [0.15, 0.2) is 41.3 Å². The summed E-state index contributed by atoms with van der Waals surface area (Å²) < 4.78 is 27.1. The van der Waals surface area contributed by atoms with Crippen LogP contribution < -0.4 is 10.0 Å². The molecule has 0 fully saturated rings. The van der Waals surface area contributed by atoms with Crippen LogP contribution in [0, 0.1) is 13.8 Å². The highest BCUT2D eigenvalue weighted by atomic mass is 35.5. The molecular formula is C18H21ClN2O3S. The first-order valence-electron chi connectivity index (χ1n) is 7.80. The fourth-order valence-electron chi connectivity index (χ4n) is 2.28. The molecule has 25 heavy (non-hydrogen) atoms. The summed E-state index contributed by atoms with van der Waals surface area (Å²) in [6.07, 6.45) is 0. The predicted octanol–water partition coefficient (Wildman–Crippen LogP) is 3.90. The van der Waals surface area contributed by atoms with E-state index in [0.29, 0.717) is 5.69 Å². The van der Waals surface area contributed by atoms with E-state index in [9.17, 15) is 13.2 Å². The molecule has 134 valence electrons. The minimum atomic E-state index is -3.71. The van der Waals surface area contributed by atoms with E-state index in [-0.39, 0.29) is 21.5 Å². The van der Waals surface area contributed by atoms with Crippen molar-refractivity contribution in [1.29, 1.82) is 0 Å². The molecule has 0 aliphatic heterocycles. The molecule has 0 heterocycles. The van der Waals surface area contributed by atoms with E-state index in [1.54, 1.807) is 13.8 Å². The number of halogens is 1. The molecule has 5 nitrogen and oxygen atoms in total. The second-order valence-corrected chi connectivity index (χ2v) is 8.31. The van der Waals surface area contributed by atoms with Gasteiger partial charge in [-0.05, 0) is 63.1 Å². The quantitative estimate of drug-likeness (QED) is 0.826. The molecule has 0 saturated carbocycles. The third-order valence-electron chi connectivity index (χ3n) is 3.52. The topological polar surface area (TPSA) is 75.3 Å². The summed E-state index contributed by atoms with van der Waals surface area (Å²) in [6.45, 7) is 7.25. The number of amides is 1. The number of carbonyl (C=O) groups is 1. The van der Waals surface area contributed by atoms with Crippen LogP contribution in [0.1, 0.15) is 35.3 Å². The smallest absolute Gasteiger partial charge is 0.257 e. The number of benzene rings is 2. The largest absolute Gasteiger partial charge is 0.322 e. The van der Waals surface area contributed by atoms with Crippen molar-refractivity contribution in [3.05, 3.63) is 58.1 Å². The van der Waals surface area contributed by atoms with Gasteiger partial charge in [-0.2, -0.15) is 0 Å². The molecule has 2 aromatic carbocycles. The van der Waals surface area contributed by atoms with Crippen LogP contribution >= 0.6 is 11.6 Å². The van der Waals surface area contributed by atoms with Gasteiger partial charge in [0, 0.05) is 11.7 Å². The van der Waals surface area contributed by atoms with Gasteiger partial charge in [-0.25, -0.2) is 13.1 Å². The van der Waals surface area contributed by atoms with Crippen molar-refractivity contribution in [2.75, 3.05) is 5.32 Å². The summed E-state index contributed by atoms with van der Waals surface area (Å²) in [5, 5.41) is 2.98. The van der Waals surface area contributed by atoms with Crippen LogP contribution in [-0.4, -0.2) is 20.4 Å². The van der Waals surface area contributed by atoms with Crippen molar-refractivity contribution in [3.63, 3.8) is 0 Å². The highest BCUT2D eigenvalue weighted by Gasteiger charge is 2.20. The first-order chi connectivity index (χ1) is 11.6. The summed E-state index contributed by atoms with van der Waals surface area (Å²) in [7, 11) is -3.71. The summed E-state index contributed by atoms with van der Waals surface area (Å²) >= 11 is 6.11. The average molecular weight is 381 g/mol. The highest BCUT2D eigenvalue weighted by Crippen LogP contribution is 2.23. The van der Waals surface area contributed by atoms with Gasteiger partial charge in [0.05, 0.1) is 15.5 Å². The van der Waals surface area contributed by atoms with Crippen LogP contribution in [-0.2, 0) is 10.0 Å². The van der Waals surface area contributed by atoms with E-state index >= 15 is 0 Å². The number of nitrogens with one attached hydrogen (secondary N) is 2. The Balaban J connectivity index is 2.37. The lowest BCUT2D eigenvalue weighted by Crippen LogP contribution is -2.30. The number of anilines is 1. The van der Waals surface area contributed by atoms with Gasteiger partial charge in [-0.15, -0.1) is 0 Å². The van der Waals surface area contributed by atoms with Gasteiger partial charge >= 0.3 is 0 Å². The van der Waals surface area contributed by atoms with Gasteiger partial charge in [0.1, 0.15) is 0 Å². The van der Waals surface area contributed by atoms with Crippen molar-refractivity contribution in [1.82, 2.24) is 4.72 Å². The summed E-state index contributed by atoms with van der Waals surface area (Å²) in [6, 6.07) is 9.52. The Morgan fingerprint density at radius 1 is 1.08 bits per heavy atom. The first-order valence-corrected chi connectivity index (χ1v) is 9.67. The van der Waals surface area contributed by atoms with E-state index in [0.717, 1.165) is 11.1 Å². The Bertz CT molecular complexity index is 909. The highest BCUT2D eigenvalue weighted by molar-refractivity contribution is 7.89. The average Bonchev–Trinajstić information content (AvgIpc) is 2.49. The summed E-state index contributed by atoms with van der Waals surface area (Å²) in [5.41, 5.74) is 2.67. The minimum absolute atomic E-state index is 0.00304. The lowest BCUT2D eigenvalue weighted by molar-refractivity contribution is 0.102. The standard InChI is InChI=1S/C18H21ClN2O3S/c1-11(2)21-25(23,24)14-7-8-16(19)15(10-14)18(22)20-17-9-12(3)5-6-13(17)4/h5-11,21H,1-4H3,(H,20,22). The van der Waals surface area contributed by atoms with E-state index in [4.69, 9.17) is 11.6 Å². The number of carbonyl (C=O) groups excluding carboxylic acids is 1. The lowest BCUT2D eigenvalue weighted by atomic mass is 10.1. The number of aryl methyl sites for hydroxylation is 2. The molecule has 1 amide bonds. The molecule has 0 saturated heterocycles. The SMILES string of the molecule is Cc1ccc(C)c(NC(=O)c2cc(S(=O)(=O)NC(C)C)ccc2Cl)c1. The fraction of sp³-hybridized carbons (Fsp3) is 0.278. The molecule has 0 bridgehead atoms. The van der Waals surface area contributed by atoms with Gasteiger partial charge in [0.25, 0.3) is 5.91 Å². The van der Waals surface area contributed by atoms with Crippen LogP contribution in [0.3, 0.4) is 0 Å². The second-order valence-electron chi connectivity index (χ2n) is 6.19. The molecule has 2 N–H and O–H groups in total. The maximum Gasteiger partial charge on any atom is 0.257 e. The van der Waals surface area contributed by atoms with Gasteiger partial charge in [-0.1, -0.05) is 23.7 Å². The maximum absolute atomic E-state index is 12.6. The zero-order valence-corrected chi connectivity index (χ0v) is 16.1. The lowest BCUT2D eigenvalue weighted by Gasteiger charge is -2.13. The third kappa shape index (κ3) is 4.81. The zero-order valence-electron chi connectivity index (χ0n) is 14.6. The van der Waals surface area contributed by atoms with Crippen molar-refractivity contribution in [2.24, 2.45) is 0 Å². The zero-order chi connectivity index (χ0) is 18.8. The van der Waals surface area contributed by atoms with Gasteiger partial charge in [0.2, 0.25) is 10.0 Å². The van der Waals surface area contributed by atoms with E-state index < -0.39 is 15.9 Å². The first kappa shape index (κ1) is 19.4. The van der Waals surface area contributed by atoms with Gasteiger partial charge in [-0.3, -0.25) is 4.79 Å². The van der Waals surface area contributed by atoms with Crippen molar-refractivity contribution in [2.45, 2.75) is 38.6 Å². The minimum Gasteiger partial charge on any atom is -0.322 e. The fourth-order valence-corrected chi connectivity index (χ4v) is 3.76. The Hall–Kier alpha value is -1.89. The second kappa shape index (κ2) is 7.56. The maximum atomic E-state index is 12.6.